The molecule has 0 aliphatic heterocycles. The molecule has 3 rings (SSSR count). The predicted octanol–water partition coefficient (Wildman–Crippen LogP) is 3.62. The Balaban J connectivity index is 0.000000198. The highest BCUT2D eigenvalue weighted by molar-refractivity contribution is 5.86. The van der Waals surface area contributed by atoms with Crippen molar-refractivity contribution in [3.63, 3.8) is 0 Å². The molecule has 0 saturated heterocycles. The molecule has 0 spiro atoms. The lowest BCUT2D eigenvalue weighted by molar-refractivity contribution is 0.0696. The molecule has 0 amide bonds. The van der Waals surface area contributed by atoms with E-state index >= 15 is 0 Å². The van der Waals surface area contributed by atoms with Crippen LogP contribution in [0.15, 0.2) is 60.9 Å². The molecule has 0 unspecified atom stereocenters. The van der Waals surface area contributed by atoms with Crippen molar-refractivity contribution in [3.8, 4) is 0 Å². The predicted molar refractivity (Wildman–Crippen MR) is 92.4 cm³/mol. The Morgan fingerprint density at radius 2 is 1.67 bits per heavy atom. The zero-order valence-electron chi connectivity index (χ0n) is 13.5. The molecule has 0 bridgehead atoms. The first-order valence-corrected chi connectivity index (χ1v) is 7.32. The lowest BCUT2D eigenvalue weighted by atomic mass is 10.3. The number of aryl methyl sites for hydroxylation is 2. The van der Waals surface area contributed by atoms with Gasteiger partial charge < -0.3 is 10.4 Å². The van der Waals surface area contributed by atoms with Crippen LogP contribution in [0.4, 0.5) is 11.6 Å². The lowest BCUT2D eigenvalue weighted by Crippen LogP contribution is -1.99. The molecule has 2 N–H and O–H groups in total. The average Bonchev–Trinajstić information content (AvgIpc) is 2.56. The summed E-state index contributed by atoms with van der Waals surface area (Å²) in [5, 5.41) is 11.5. The van der Waals surface area contributed by atoms with Crippen molar-refractivity contribution in [2.24, 2.45) is 0 Å². The van der Waals surface area contributed by atoms with E-state index in [1.807, 2.05) is 50.2 Å². The number of pyridine rings is 1. The Morgan fingerprint density at radius 1 is 1.00 bits per heavy atom. The fourth-order valence-corrected chi connectivity index (χ4v) is 1.92. The summed E-state index contributed by atoms with van der Waals surface area (Å²) < 4.78 is 0. The number of para-hydroxylation sites is 1. The van der Waals surface area contributed by atoms with E-state index in [1.165, 1.54) is 18.5 Å². The summed E-state index contributed by atoms with van der Waals surface area (Å²) in [6, 6.07) is 14.9. The van der Waals surface area contributed by atoms with Crippen molar-refractivity contribution in [3.05, 3.63) is 77.9 Å². The SMILES string of the molecule is Cc1cc(C)nc(Nc2ccccc2)n1.O=C(O)c1cccnc1. The van der Waals surface area contributed by atoms with Crippen molar-refractivity contribution in [1.29, 1.82) is 0 Å². The van der Waals surface area contributed by atoms with Gasteiger partial charge in [-0.1, -0.05) is 18.2 Å². The number of hydrogen-bond donors (Lipinski definition) is 2. The second-order valence-electron chi connectivity index (χ2n) is 5.01. The summed E-state index contributed by atoms with van der Waals surface area (Å²) in [4.78, 5) is 22.4. The molecule has 0 radical (unpaired) electrons. The molecule has 0 aliphatic rings. The number of carboxylic acids is 1. The normalized spacial score (nSPS) is 9.58. The molecule has 0 atom stereocenters. The zero-order valence-corrected chi connectivity index (χ0v) is 13.5. The molecule has 0 saturated carbocycles. The first-order chi connectivity index (χ1) is 11.5. The minimum absolute atomic E-state index is 0.220. The first kappa shape index (κ1) is 17.1. The first-order valence-electron chi connectivity index (χ1n) is 7.32. The van der Waals surface area contributed by atoms with Gasteiger partial charge in [-0.2, -0.15) is 0 Å². The number of benzene rings is 1. The van der Waals surface area contributed by atoms with Crippen LogP contribution in [0.5, 0.6) is 0 Å². The summed E-state index contributed by atoms with van der Waals surface area (Å²) in [5.41, 5.74) is 3.17. The van der Waals surface area contributed by atoms with E-state index in [2.05, 4.69) is 20.3 Å². The van der Waals surface area contributed by atoms with Gasteiger partial charge in [0.2, 0.25) is 5.95 Å². The maximum atomic E-state index is 10.2. The lowest BCUT2D eigenvalue weighted by Gasteiger charge is -2.05. The van der Waals surface area contributed by atoms with Gasteiger partial charge >= 0.3 is 5.97 Å². The van der Waals surface area contributed by atoms with Crippen LogP contribution in [0.2, 0.25) is 0 Å². The number of aromatic nitrogens is 3. The number of carbonyl (C=O) groups is 1. The van der Waals surface area contributed by atoms with Gasteiger partial charge in [0.25, 0.3) is 0 Å². The van der Waals surface area contributed by atoms with Crippen molar-refractivity contribution >= 4 is 17.6 Å². The molecule has 122 valence electrons. The number of hydrogen-bond acceptors (Lipinski definition) is 5. The molecule has 1 aromatic carbocycles. The van der Waals surface area contributed by atoms with Crippen molar-refractivity contribution in [1.82, 2.24) is 15.0 Å². The number of carboxylic acid groups (broad SMARTS) is 1. The van der Waals surface area contributed by atoms with Crippen molar-refractivity contribution in [2.75, 3.05) is 5.32 Å². The number of nitrogens with one attached hydrogen (secondary N) is 1. The van der Waals surface area contributed by atoms with Crippen LogP contribution < -0.4 is 5.32 Å². The number of rotatable bonds is 3. The largest absolute Gasteiger partial charge is 0.478 e. The van der Waals surface area contributed by atoms with Crippen LogP contribution in [-0.4, -0.2) is 26.0 Å². The van der Waals surface area contributed by atoms with E-state index in [-0.39, 0.29) is 5.56 Å². The monoisotopic (exact) mass is 322 g/mol. The van der Waals surface area contributed by atoms with Gasteiger partial charge in [0.1, 0.15) is 0 Å². The van der Waals surface area contributed by atoms with E-state index < -0.39 is 5.97 Å². The number of nitrogens with zero attached hydrogens (tertiary/aromatic N) is 3. The van der Waals surface area contributed by atoms with Gasteiger partial charge in [-0.3, -0.25) is 4.98 Å². The van der Waals surface area contributed by atoms with Crippen LogP contribution >= 0.6 is 0 Å². The van der Waals surface area contributed by atoms with Gasteiger partial charge in [-0.05, 0) is 44.2 Å². The molecule has 6 nitrogen and oxygen atoms in total. The van der Waals surface area contributed by atoms with Gasteiger partial charge in [-0.25, -0.2) is 14.8 Å². The molecule has 2 heterocycles. The highest BCUT2D eigenvalue weighted by atomic mass is 16.4. The van der Waals surface area contributed by atoms with E-state index in [1.54, 1.807) is 6.07 Å². The third-order valence-electron chi connectivity index (χ3n) is 2.92. The quantitative estimate of drug-likeness (QED) is 0.766. The average molecular weight is 322 g/mol. The second-order valence-corrected chi connectivity index (χ2v) is 5.01. The van der Waals surface area contributed by atoms with E-state index in [0.717, 1.165) is 17.1 Å². The van der Waals surface area contributed by atoms with E-state index in [0.29, 0.717) is 5.95 Å². The summed E-state index contributed by atoms with van der Waals surface area (Å²) in [7, 11) is 0. The van der Waals surface area contributed by atoms with Crippen molar-refractivity contribution in [2.45, 2.75) is 13.8 Å². The fraction of sp³-hybridized carbons (Fsp3) is 0.111. The number of aromatic carboxylic acids is 1. The topological polar surface area (TPSA) is 88.0 Å². The Hall–Kier alpha value is -3.28. The summed E-state index contributed by atoms with van der Waals surface area (Å²) in [6.45, 7) is 3.93. The minimum atomic E-state index is -0.942. The molecule has 0 fully saturated rings. The van der Waals surface area contributed by atoms with Gasteiger partial charge in [0.05, 0.1) is 5.56 Å². The Morgan fingerprint density at radius 3 is 2.17 bits per heavy atom. The van der Waals surface area contributed by atoms with E-state index in [9.17, 15) is 4.79 Å². The summed E-state index contributed by atoms with van der Waals surface area (Å²) in [5.74, 6) is -0.290. The molecule has 0 aliphatic carbocycles. The van der Waals surface area contributed by atoms with Crippen LogP contribution in [0.1, 0.15) is 21.7 Å². The molecule has 3 aromatic rings. The van der Waals surface area contributed by atoms with Crippen LogP contribution in [-0.2, 0) is 0 Å². The highest BCUT2D eigenvalue weighted by Crippen LogP contribution is 2.12. The van der Waals surface area contributed by atoms with Gasteiger partial charge in [-0.15, -0.1) is 0 Å². The van der Waals surface area contributed by atoms with Crippen LogP contribution in [0.3, 0.4) is 0 Å². The van der Waals surface area contributed by atoms with Crippen LogP contribution in [0, 0.1) is 13.8 Å². The molecular weight excluding hydrogens is 304 g/mol. The molecule has 2 aromatic heterocycles. The zero-order chi connectivity index (χ0) is 17.4. The Labute approximate surface area is 140 Å². The molecular formula is C18H18N4O2. The Kier molecular flexibility index (Phi) is 5.96. The second kappa shape index (κ2) is 8.38. The van der Waals surface area contributed by atoms with Gasteiger partial charge in [0, 0.05) is 29.5 Å². The maximum absolute atomic E-state index is 10.2. The van der Waals surface area contributed by atoms with Gasteiger partial charge in [0.15, 0.2) is 0 Å². The molecule has 24 heavy (non-hydrogen) atoms. The Bertz CT molecular complexity index is 772. The summed E-state index contributed by atoms with van der Waals surface area (Å²) in [6.07, 6.45) is 2.84. The third-order valence-corrected chi connectivity index (χ3v) is 2.92. The smallest absolute Gasteiger partial charge is 0.337 e. The van der Waals surface area contributed by atoms with Crippen LogP contribution in [0.25, 0.3) is 0 Å². The third kappa shape index (κ3) is 5.49. The van der Waals surface area contributed by atoms with Crippen molar-refractivity contribution < 1.29 is 9.90 Å². The highest BCUT2D eigenvalue weighted by Gasteiger charge is 1.99. The maximum Gasteiger partial charge on any atom is 0.337 e. The van der Waals surface area contributed by atoms with E-state index in [4.69, 9.17) is 5.11 Å². The number of anilines is 2. The molecule has 6 heteroatoms. The standard InChI is InChI=1S/C12H13N3.C6H5NO2/c1-9-8-10(2)14-12(13-9)15-11-6-4-3-5-7-11;8-6(9)5-2-1-3-7-4-5/h3-8H,1-2H3,(H,13,14,15);1-4H,(H,8,9). The minimum Gasteiger partial charge on any atom is -0.478 e. The summed E-state index contributed by atoms with van der Waals surface area (Å²) >= 11 is 0. The fourth-order valence-electron chi connectivity index (χ4n) is 1.92.